The summed E-state index contributed by atoms with van der Waals surface area (Å²) in [7, 11) is 0. The smallest absolute Gasteiger partial charge is 0.271 e. The average Bonchev–Trinajstić information content (AvgIpc) is 3.47. The third kappa shape index (κ3) is 7.64. The first-order valence-corrected chi connectivity index (χ1v) is 21.1. The highest BCUT2D eigenvalue weighted by Gasteiger charge is 2.47. The number of amides is 5. The Bertz CT molecular complexity index is 2270. The van der Waals surface area contributed by atoms with E-state index in [4.69, 9.17) is 21.6 Å². The number of hydrogen-bond donors (Lipinski definition) is 2. The predicted octanol–water partition coefficient (Wildman–Crippen LogP) is 4.23. The van der Waals surface area contributed by atoms with Crippen LogP contribution in [-0.4, -0.2) is 113 Å². The van der Waals surface area contributed by atoms with E-state index in [0.717, 1.165) is 94.3 Å². The van der Waals surface area contributed by atoms with E-state index >= 15 is 4.39 Å². The van der Waals surface area contributed by atoms with E-state index in [2.05, 4.69) is 30.4 Å². The summed E-state index contributed by atoms with van der Waals surface area (Å²) < 4.78 is 21.6. The molecule has 1 unspecified atom stereocenters. The molecule has 3 aromatic rings. The normalized spacial score (nSPS) is 24.5. The van der Waals surface area contributed by atoms with Crippen molar-refractivity contribution in [1.82, 2.24) is 30.4 Å². The Morgan fingerprint density at radius 1 is 0.900 bits per heavy atom. The zero-order chi connectivity index (χ0) is 41.7. The van der Waals surface area contributed by atoms with Crippen molar-refractivity contribution in [2.24, 2.45) is 5.41 Å². The maximum absolute atomic E-state index is 15.5. The molecule has 0 bridgehead atoms. The van der Waals surface area contributed by atoms with Crippen LogP contribution in [0.1, 0.15) is 101 Å². The molecule has 60 heavy (non-hydrogen) atoms. The van der Waals surface area contributed by atoms with Gasteiger partial charge in [-0.05, 0) is 95.1 Å². The second-order valence-corrected chi connectivity index (χ2v) is 17.4. The van der Waals surface area contributed by atoms with E-state index < -0.39 is 35.5 Å². The second kappa shape index (κ2) is 16.1. The molecule has 1 saturated carbocycles. The lowest BCUT2D eigenvalue weighted by Crippen LogP contribution is -2.62. The van der Waals surface area contributed by atoms with Gasteiger partial charge in [-0.2, -0.15) is 5.26 Å². The van der Waals surface area contributed by atoms with Crippen molar-refractivity contribution in [3.05, 3.63) is 75.9 Å². The van der Waals surface area contributed by atoms with E-state index in [9.17, 15) is 24.0 Å². The number of piperidine rings is 3. The molecule has 6 aliphatic rings. The number of imide groups is 2. The fourth-order valence-electron chi connectivity index (χ4n) is 9.84. The van der Waals surface area contributed by atoms with Gasteiger partial charge in [-0.1, -0.05) is 11.6 Å². The van der Waals surface area contributed by atoms with Crippen LogP contribution in [0.2, 0.25) is 5.02 Å². The quantitative estimate of drug-likeness (QED) is 0.309. The van der Waals surface area contributed by atoms with Crippen LogP contribution < -0.4 is 25.2 Å². The van der Waals surface area contributed by atoms with Crippen LogP contribution in [0, 0.1) is 22.6 Å². The van der Waals surface area contributed by atoms with Crippen LogP contribution in [0.25, 0.3) is 0 Å². The minimum Gasteiger partial charge on any atom is -0.490 e. The van der Waals surface area contributed by atoms with Crippen LogP contribution in [0.15, 0.2) is 42.7 Å². The van der Waals surface area contributed by atoms with Crippen molar-refractivity contribution in [2.75, 3.05) is 49.1 Å². The van der Waals surface area contributed by atoms with Crippen molar-refractivity contribution in [3.8, 4) is 11.8 Å². The van der Waals surface area contributed by atoms with Crippen molar-refractivity contribution in [1.29, 1.82) is 5.26 Å². The lowest BCUT2D eigenvalue weighted by molar-refractivity contribution is -0.136. The number of halogens is 2. The SMILES string of the molecule is N#Cc1ccc(O[C@H]2CC[C@H](NC(=O)c3cnc(N4CC5(CCN(C6CCN(c7cc8c(cc7F)C(=O)N(C7CCC(=O)NC7=O)C8=O)CC6)CC5)C4)cn3)CC2)cc1Cl. The van der Waals surface area contributed by atoms with Crippen LogP contribution in [0.3, 0.4) is 0 Å². The molecule has 4 saturated heterocycles. The Morgan fingerprint density at radius 3 is 2.27 bits per heavy atom. The summed E-state index contributed by atoms with van der Waals surface area (Å²) in [5.41, 5.74) is 1.21. The second-order valence-electron chi connectivity index (χ2n) is 17.0. The Hall–Kier alpha value is -5.66. The van der Waals surface area contributed by atoms with Gasteiger partial charge in [0.25, 0.3) is 17.7 Å². The Balaban J connectivity index is 0.709. The molecular formula is C43H45ClFN9O6. The summed E-state index contributed by atoms with van der Waals surface area (Å²) in [5, 5.41) is 14.7. The van der Waals surface area contributed by atoms with Gasteiger partial charge in [-0.3, -0.25) is 34.2 Å². The van der Waals surface area contributed by atoms with E-state index in [1.165, 1.54) is 6.07 Å². The molecule has 1 atom stereocenters. The fraction of sp³-hybridized carbons (Fsp3) is 0.488. The lowest BCUT2D eigenvalue weighted by Gasteiger charge is -2.55. The lowest BCUT2D eigenvalue weighted by atomic mass is 9.71. The Labute approximate surface area is 351 Å². The molecule has 1 spiro atoms. The molecule has 6 heterocycles. The van der Waals surface area contributed by atoms with Crippen molar-refractivity contribution in [3.63, 3.8) is 0 Å². The largest absolute Gasteiger partial charge is 0.490 e. The average molecular weight is 838 g/mol. The number of anilines is 2. The molecule has 2 aromatic carbocycles. The topological polar surface area (TPSA) is 181 Å². The number of rotatable bonds is 8. The molecule has 5 fully saturated rings. The molecule has 5 aliphatic heterocycles. The zero-order valence-electron chi connectivity index (χ0n) is 33.0. The maximum atomic E-state index is 15.5. The minimum atomic E-state index is -1.10. The number of aromatic nitrogens is 2. The van der Waals surface area contributed by atoms with Gasteiger partial charge in [0, 0.05) is 56.2 Å². The highest BCUT2D eigenvalue weighted by atomic mass is 35.5. The molecule has 15 nitrogen and oxygen atoms in total. The molecule has 0 radical (unpaired) electrons. The zero-order valence-corrected chi connectivity index (χ0v) is 33.8. The van der Waals surface area contributed by atoms with Gasteiger partial charge in [-0.25, -0.2) is 14.4 Å². The van der Waals surface area contributed by atoms with Gasteiger partial charge in [0.2, 0.25) is 11.8 Å². The molecule has 5 amide bonds. The van der Waals surface area contributed by atoms with Crippen LogP contribution >= 0.6 is 11.6 Å². The van der Waals surface area contributed by atoms with Gasteiger partial charge < -0.3 is 24.8 Å². The first-order chi connectivity index (χ1) is 29.0. The first kappa shape index (κ1) is 39.8. The molecular weight excluding hydrogens is 793 g/mol. The third-order valence-corrected chi connectivity index (χ3v) is 13.6. The van der Waals surface area contributed by atoms with Gasteiger partial charge in [0.1, 0.15) is 35.2 Å². The van der Waals surface area contributed by atoms with Gasteiger partial charge in [-0.15, -0.1) is 0 Å². The Kier molecular flexibility index (Phi) is 10.7. The van der Waals surface area contributed by atoms with Gasteiger partial charge in [0.05, 0.1) is 45.9 Å². The van der Waals surface area contributed by atoms with Crippen LogP contribution in [0.5, 0.6) is 5.75 Å². The molecule has 1 aromatic heterocycles. The van der Waals surface area contributed by atoms with E-state index in [0.29, 0.717) is 35.5 Å². The summed E-state index contributed by atoms with van der Waals surface area (Å²) in [6.07, 6.45) is 10.2. The fourth-order valence-corrected chi connectivity index (χ4v) is 10.0. The predicted molar refractivity (Wildman–Crippen MR) is 216 cm³/mol. The summed E-state index contributed by atoms with van der Waals surface area (Å²) in [6, 6.07) is 8.95. The van der Waals surface area contributed by atoms with Crippen LogP contribution in [0.4, 0.5) is 15.9 Å². The number of nitrogens with one attached hydrogen (secondary N) is 2. The monoisotopic (exact) mass is 837 g/mol. The Morgan fingerprint density at radius 2 is 1.62 bits per heavy atom. The highest BCUT2D eigenvalue weighted by molar-refractivity contribution is 6.31. The van der Waals surface area contributed by atoms with Crippen molar-refractivity contribution >= 4 is 52.6 Å². The third-order valence-electron chi connectivity index (χ3n) is 13.3. The summed E-state index contributed by atoms with van der Waals surface area (Å²) in [5.74, 6) is -1.93. The van der Waals surface area contributed by atoms with E-state index in [1.807, 2.05) is 11.0 Å². The van der Waals surface area contributed by atoms with Gasteiger partial charge >= 0.3 is 0 Å². The van der Waals surface area contributed by atoms with Crippen LogP contribution in [-0.2, 0) is 9.59 Å². The van der Waals surface area contributed by atoms with Gasteiger partial charge in [0.15, 0.2) is 0 Å². The number of likely N-dealkylation sites (tertiary alicyclic amines) is 1. The minimum absolute atomic E-state index is 0.0102. The molecule has 17 heteroatoms. The number of fused-ring (bicyclic) bond motifs is 1. The molecule has 9 rings (SSSR count). The van der Waals surface area contributed by atoms with E-state index in [-0.39, 0.29) is 58.8 Å². The van der Waals surface area contributed by atoms with E-state index in [1.54, 1.807) is 30.6 Å². The van der Waals surface area contributed by atoms with Crippen molar-refractivity contribution in [2.45, 2.75) is 88.4 Å². The number of nitrogens with zero attached hydrogens (tertiary/aromatic N) is 7. The summed E-state index contributed by atoms with van der Waals surface area (Å²) in [6.45, 7) is 4.93. The molecule has 2 N–H and O–H groups in total. The maximum Gasteiger partial charge on any atom is 0.271 e. The molecule has 1 aliphatic carbocycles. The number of nitriles is 1. The number of hydrogen-bond acceptors (Lipinski definition) is 12. The number of benzene rings is 2. The highest BCUT2D eigenvalue weighted by Crippen LogP contribution is 2.43. The standard InChI is InChI=1S/C43H45ClFN9O6/c44-32-17-29(4-1-25(32)20-46)60-28-5-2-26(3-6-28)49-39(56)34-21-48-37(22-47-34)53-23-43(24-53)11-15-51(16-12-43)27-9-13-52(14-10-27)36-19-31-30(18-33(36)45)41(58)54(42(31)59)35-7-8-38(55)50-40(35)57/h1,4,17-19,21-22,26-28,35H,2-3,5-16,23-24H2,(H,49,56)(H,50,55,57)/t26-,28-,35?. The number of ether oxygens (including phenoxy) is 1. The number of carbonyl (C=O) groups excluding carboxylic acids is 5. The summed E-state index contributed by atoms with van der Waals surface area (Å²) >= 11 is 6.15. The van der Waals surface area contributed by atoms with Crippen molar-refractivity contribution < 1.29 is 33.1 Å². The summed E-state index contributed by atoms with van der Waals surface area (Å²) in [4.78, 5) is 80.2. The first-order valence-electron chi connectivity index (χ1n) is 20.8. The number of carbonyl (C=O) groups is 5. The molecule has 312 valence electrons.